The summed E-state index contributed by atoms with van der Waals surface area (Å²) in [5, 5.41) is 0. The lowest BCUT2D eigenvalue weighted by atomic mass is 9.89. The Morgan fingerprint density at radius 3 is 2.43 bits per heavy atom. The van der Waals surface area contributed by atoms with Crippen LogP contribution in [-0.2, 0) is 17.6 Å². The Labute approximate surface area is 178 Å². The van der Waals surface area contributed by atoms with Crippen LogP contribution >= 0.6 is 0 Å². The van der Waals surface area contributed by atoms with Crippen LogP contribution in [0.15, 0.2) is 42.5 Å². The molecule has 158 valence electrons. The average Bonchev–Trinajstić information content (AvgIpc) is 2.82. The Balaban J connectivity index is 1.27. The zero-order valence-corrected chi connectivity index (χ0v) is 17.7. The van der Waals surface area contributed by atoms with Crippen LogP contribution < -0.4 is 9.64 Å². The molecule has 1 aliphatic heterocycles. The predicted octanol–water partition coefficient (Wildman–Crippen LogP) is 3.89. The average molecular weight is 407 g/mol. The third kappa shape index (κ3) is 4.66. The molecule has 0 bridgehead atoms. The Morgan fingerprint density at radius 2 is 1.67 bits per heavy atom. The van der Waals surface area contributed by atoms with Gasteiger partial charge in [0.05, 0.1) is 7.11 Å². The molecule has 0 atom stereocenters. The first-order chi connectivity index (χ1) is 14.6. The number of hydrogen-bond donors (Lipinski definition) is 0. The highest BCUT2D eigenvalue weighted by Gasteiger charge is 2.22. The molecule has 0 unspecified atom stereocenters. The van der Waals surface area contributed by atoms with E-state index in [0.29, 0.717) is 13.1 Å². The SMILES string of the molecule is COc1cccc(N2CCN(C(=O)CCC(=O)c3ccc4c(c3)CCCC4)CC2)c1. The van der Waals surface area contributed by atoms with E-state index in [-0.39, 0.29) is 24.5 Å². The van der Waals surface area contributed by atoms with Crippen molar-refractivity contribution < 1.29 is 14.3 Å². The first-order valence-electron chi connectivity index (χ1n) is 11.0. The minimum Gasteiger partial charge on any atom is -0.497 e. The zero-order valence-electron chi connectivity index (χ0n) is 17.7. The number of anilines is 1. The fourth-order valence-corrected chi connectivity index (χ4v) is 4.45. The quantitative estimate of drug-likeness (QED) is 0.683. The van der Waals surface area contributed by atoms with Gasteiger partial charge in [-0.05, 0) is 55.0 Å². The Kier molecular flexibility index (Phi) is 6.36. The molecule has 0 saturated carbocycles. The van der Waals surface area contributed by atoms with E-state index in [4.69, 9.17) is 4.74 Å². The van der Waals surface area contributed by atoms with Gasteiger partial charge in [0, 0.05) is 56.3 Å². The molecule has 0 N–H and O–H groups in total. The van der Waals surface area contributed by atoms with Gasteiger partial charge in [0.25, 0.3) is 0 Å². The zero-order chi connectivity index (χ0) is 20.9. The number of ketones is 1. The van der Waals surface area contributed by atoms with Gasteiger partial charge < -0.3 is 14.5 Å². The number of carbonyl (C=O) groups is 2. The minimum atomic E-state index is 0.0756. The summed E-state index contributed by atoms with van der Waals surface area (Å²) in [6.07, 6.45) is 5.19. The van der Waals surface area contributed by atoms with Crippen molar-refractivity contribution in [3.63, 3.8) is 0 Å². The lowest BCUT2D eigenvalue weighted by molar-refractivity contribution is -0.131. The van der Waals surface area contributed by atoms with Gasteiger partial charge in [0.2, 0.25) is 5.91 Å². The van der Waals surface area contributed by atoms with Crippen LogP contribution in [0.5, 0.6) is 5.75 Å². The molecular formula is C25H30N2O3. The van der Waals surface area contributed by atoms with E-state index in [2.05, 4.69) is 17.0 Å². The van der Waals surface area contributed by atoms with Crippen molar-refractivity contribution in [2.45, 2.75) is 38.5 Å². The molecule has 2 aliphatic rings. The molecule has 1 aliphatic carbocycles. The van der Waals surface area contributed by atoms with Gasteiger partial charge in [0.15, 0.2) is 5.78 Å². The summed E-state index contributed by atoms with van der Waals surface area (Å²) in [6, 6.07) is 14.1. The van der Waals surface area contributed by atoms with Crippen LogP contribution in [0.1, 0.15) is 47.2 Å². The molecule has 5 heteroatoms. The Bertz CT molecular complexity index is 916. The molecule has 0 radical (unpaired) electrons. The molecule has 5 nitrogen and oxygen atoms in total. The lowest BCUT2D eigenvalue weighted by Crippen LogP contribution is -2.48. The fraction of sp³-hybridized carbons (Fsp3) is 0.440. The van der Waals surface area contributed by atoms with Gasteiger partial charge in [-0.25, -0.2) is 0 Å². The number of benzene rings is 2. The summed E-state index contributed by atoms with van der Waals surface area (Å²) in [5.74, 6) is 0.991. The topological polar surface area (TPSA) is 49.9 Å². The molecular weight excluding hydrogens is 376 g/mol. The van der Waals surface area contributed by atoms with Crippen LogP contribution in [-0.4, -0.2) is 49.9 Å². The van der Waals surface area contributed by atoms with Gasteiger partial charge in [-0.3, -0.25) is 9.59 Å². The number of rotatable bonds is 6. The monoisotopic (exact) mass is 406 g/mol. The number of hydrogen-bond acceptors (Lipinski definition) is 4. The number of Topliss-reactive ketones (excluding diaryl/α,β-unsaturated/α-hetero) is 1. The predicted molar refractivity (Wildman–Crippen MR) is 118 cm³/mol. The molecule has 1 heterocycles. The summed E-state index contributed by atoms with van der Waals surface area (Å²) in [7, 11) is 1.67. The van der Waals surface area contributed by atoms with Gasteiger partial charge in [0.1, 0.15) is 5.75 Å². The summed E-state index contributed by atoms with van der Waals surface area (Å²) in [4.78, 5) is 29.4. The van der Waals surface area contributed by atoms with Gasteiger partial charge in [-0.2, -0.15) is 0 Å². The van der Waals surface area contributed by atoms with Crippen LogP contribution in [0.3, 0.4) is 0 Å². The molecule has 0 aromatic heterocycles. The van der Waals surface area contributed by atoms with Crippen molar-refractivity contribution in [3.05, 3.63) is 59.2 Å². The van der Waals surface area contributed by atoms with Gasteiger partial charge in [-0.15, -0.1) is 0 Å². The third-order valence-corrected chi connectivity index (χ3v) is 6.29. The van der Waals surface area contributed by atoms with Gasteiger partial charge in [-0.1, -0.05) is 18.2 Å². The number of carbonyl (C=O) groups excluding carboxylic acids is 2. The highest BCUT2D eigenvalue weighted by atomic mass is 16.5. The van der Waals surface area contributed by atoms with Crippen molar-refractivity contribution >= 4 is 17.4 Å². The maximum atomic E-state index is 12.6. The van der Waals surface area contributed by atoms with E-state index in [9.17, 15) is 9.59 Å². The van der Waals surface area contributed by atoms with Crippen molar-refractivity contribution in [3.8, 4) is 5.75 Å². The second-order valence-corrected chi connectivity index (χ2v) is 8.18. The number of nitrogens with zero attached hydrogens (tertiary/aromatic N) is 2. The number of methoxy groups -OCH3 is 1. The van der Waals surface area contributed by atoms with Crippen LogP contribution in [0.25, 0.3) is 0 Å². The summed E-state index contributed by atoms with van der Waals surface area (Å²) in [6.45, 7) is 2.95. The van der Waals surface area contributed by atoms with E-state index in [1.54, 1.807) is 7.11 Å². The van der Waals surface area contributed by atoms with Crippen molar-refractivity contribution in [2.75, 3.05) is 38.2 Å². The van der Waals surface area contributed by atoms with Gasteiger partial charge >= 0.3 is 0 Å². The van der Waals surface area contributed by atoms with Crippen molar-refractivity contribution in [1.29, 1.82) is 0 Å². The standard InChI is InChI=1S/C25H30N2O3/c1-30-23-8-4-7-22(18-23)26-13-15-27(16-14-26)25(29)12-11-24(28)21-10-9-19-5-2-3-6-20(19)17-21/h4,7-10,17-18H,2-3,5-6,11-16H2,1H3. The highest BCUT2D eigenvalue weighted by molar-refractivity contribution is 5.98. The van der Waals surface area contributed by atoms with E-state index in [0.717, 1.165) is 42.9 Å². The lowest BCUT2D eigenvalue weighted by Gasteiger charge is -2.36. The number of fused-ring (bicyclic) bond motifs is 1. The van der Waals surface area contributed by atoms with Crippen molar-refractivity contribution in [2.24, 2.45) is 0 Å². The first kappa shape index (κ1) is 20.5. The molecule has 30 heavy (non-hydrogen) atoms. The first-order valence-corrected chi connectivity index (χ1v) is 11.0. The van der Waals surface area contributed by atoms with Crippen LogP contribution in [0.2, 0.25) is 0 Å². The van der Waals surface area contributed by atoms with E-state index >= 15 is 0 Å². The van der Waals surface area contributed by atoms with Crippen molar-refractivity contribution in [1.82, 2.24) is 4.90 Å². The Hall–Kier alpha value is -2.82. The maximum Gasteiger partial charge on any atom is 0.223 e. The number of ether oxygens (including phenoxy) is 1. The van der Waals surface area contributed by atoms with E-state index in [1.165, 1.54) is 24.0 Å². The van der Waals surface area contributed by atoms with Crippen LogP contribution in [0, 0.1) is 0 Å². The molecule has 1 amide bonds. The molecule has 1 fully saturated rings. The molecule has 4 rings (SSSR count). The second kappa shape index (κ2) is 9.33. The Morgan fingerprint density at radius 1 is 0.900 bits per heavy atom. The number of aryl methyl sites for hydroxylation is 2. The smallest absolute Gasteiger partial charge is 0.223 e. The summed E-state index contributed by atoms with van der Waals surface area (Å²) < 4.78 is 5.30. The molecule has 2 aromatic carbocycles. The highest BCUT2D eigenvalue weighted by Crippen LogP contribution is 2.24. The van der Waals surface area contributed by atoms with E-state index in [1.807, 2.05) is 35.2 Å². The molecule has 0 spiro atoms. The molecule has 1 saturated heterocycles. The molecule has 2 aromatic rings. The van der Waals surface area contributed by atoms with Crippen LogP contribution in [0.4, 0.5) is 5.69 Å². The van der Waals surface area contributed by atoms with E-state index < -0.39 is 0 Å². The number of piperazine rings is 1. The number of amides is 1. The summed E-state index contributed by atoms with van der Waals surface area (Å²) in [5.41, 5.74) is 4.56. The normalized spacial score (nSPS) is 16.2. The fourth-order valence-electron chi connectivity index (χ4n) is 4.45. The maximum absolute atomic E-state index is 12.6. The minimum absolute atomic E-state index is 0.0756. The summed E-state index contributed by atoms with van der Waals surface area (Å²) >= 11 is 0. The second-order valence-electron chi connectivity index (χ2n) is 8.18. The third-order valence-electron chi connectivity index (χ3n) is 6.29. The largest absolute Gasteiger partial charge is 0.497 e.